The van der Waals surface area contributed by atoms with Gasteiger partial charge in [0.05, 0.1) is 5.69 Å². The molecule has 0 radical (unpaired) electrons. The van der Waals surface area contributed by atoms with Gasteiger partial charge in [-0.1, -0.05) is 19.1 Å². The van der Waals surface area contributed by atoms with Crippen LogP contribution in [0.4, 0.5) is 5.69 Å². The molecule has 1 aromatic heterocycles. The van der Waals surface area contributed by atoms with Gasteiger partial charge in [-0.25, -0.2) is 13.1 Å². The average molecular weight is 309 g/mol. The molecule has 2 aromatic rings. The van der Waals surface area contributed by atoms with Crippen molar-refractivity contribution in [2.75, 3.05) is 18.4 Å². The van der Waals surface area contributed by atoms with E-state index in [9.17, 15) is 8.42 Å². The average Bonchev–Trinajstić information content (AvgIpc) is 2.85. The van der Waals surface area contributed by atoms with E-state index in [2.05, 4.69) is 20.2 Å². The van der Waals surface area contributed by atoms with Crippen LogP contribution in [0.5, 0.6) is 0 Å². The van der Waals surface area contributed by atoms with Gasteiger partial charge in [0.15, 0.2) is 0 Å². The topological polar surface area (TPSA) is 88.9 Å². The number of aryl methyl sites for hydroxylation is 1. The molecule has 0 atom stereocenters. The molecule has 0 aliphatic carbocycles. The summed E-state index contributed by atoms with van der Waals surface area (Å²) in [5.74, 6) is 0.842. The van der Waals surface area contributed by atoms with Crippen LogP contribution in [0.2, 0.25) is 0 Å². The highest BCUT2D eigenvalue weighted by Crippen LogP contribution is 2.20. The summed E-state index contributed by atoms with van der Waals surface area (Å²) in [6.07, 6.45) is 2.30. The molecular formula is C13H19N5O2S. The Bertz CT molecular complexity index is 696. The number of nitrogens with zero attached hydrogens (tertiary/aromatic N) is 3. The molecule has 21 heavy (non-hydrogen) atoms. The van der Waals surface area contributed by atoms with Crippen LogP contribution < -0.4 is 10.0 Å². The van der Waals surface area contributed by atoms with E-state index in [4.69, 9.17) is 0 Å². The Kier molecular flexibility index (Phi) is 4.92. The Hall–Kier alpha value is -1.93. The van der Waals surface area contributed by atoms with Gasteiger partial charge in [-0.3, -0.25) is 0 Å². The summed E-state index contributed by atoms with van der Waals surface area (Å²) in [6, 6.07) is 6.84. The molecule has 0 spiro atoms. The zero-order valence-electron chi connectivity index (χ0n) is 12.1. The van der Waals surface area contributed by atoms with Crippen molar-refractivity contribution in [3.63, 3.8) is 0 Å². The highest BCUT2D eigenvalue weighted by molar-refractivity contribution is 7.89. The van der Waals surface area contributed by atoms with Crippen molar-refractivity contribution in [1.29, 1.82) is 0 Å². The zero-order chi connectivity index (χ0) is 15.3. The fraction of sp³-hybridized carbons (Fsp3) is 0.385. The van der Waals surface area contributed by atoms with E-state index in [1.165, 1.54) is 0 Å². The van der Waals surface area contributed by atoms with Gasteiger partial charge < -0.3 is 9.88 Å². The predicted octanol–water partition coefficient (Wildman–Crippen LogP) is 0.768. The summed E-state index contributed by atoms with van der Waals surface area (Å²) in [4.78, 5) is 0.254. The van der Waals surface area contributed by atoms with Crippen LogP contribution in [0.15, 0.2) is 35.5 Å². The van der Waals surface area contributed by atoms with E-state index < -0.39 is 10.0 Å². The summed E-state index contributed by atoms with van der Waals surface area (Å²) in [5, 5.41) is 10.9. The zero-order valence-corrected chi connectivity index (χ0v) is 12.9. The van der Waals surface area contributed by atoms with Crippen LogP contribution in [0.3, 0.4) is 0 Å². The molecule has 0 saturated carbocycles. The molecule has 7 nitrogen and oxygen atoms in total. The minimum atomic E-state index is -3.48. The molecule has 1 heterocycles. The number of benzene rings is 1. The molecule has 0 amide bonds. The van der Waals surface area contributed by atoms with Gasteiger partial charge in [0.1, 0.15) is 17.0 Å². The first-order chi connectivity index (χ1) is 10.0. The van der Waals surface area contributed by atoms with Crippen LogP contribution in [0.1, 0.15) is 12.7 Å². The maximum absolute atomic E-state index is 12.1. The van der Waals surface area contributed by atoms with E-state index >= 15 is 0 Å². The highest BCUT2D eigenvalue weighted by atomic mass is 32.2. The van der Waals surface area contributed by atoms with Gasteiger partial charge in [-0.2, -0.15) is 0 Å². The number of aromatic nitrogens is 3. The Morgan fingerprint density at radius 3 is 2.71 bits per heavy atom. The molecule has 0 aliphatic heterocycles. The second-order valence-electron chi connectivity index (χ2n) is 4.53. The van der Waals surface area contributed by atoms with E-state index in [1.54, 1.807) is 37.5 Å². The molecule has 114 valence electrons. The molecule has 8 heteroatoms. The van der Waals surface area contributed by atoms with Gasteiger partial charge in [0, 0.05) is 26.6 Å². The molecule has 0 aliphatic rings. The van der Waals surface area contributed by atoms with Crippen LogP contribution in [0, 0.1) is 0 Å². The highest BCUT2D eigenvalue weighted by Gasteiger charge is 2.16. The summed E-state index contributed by atoms with van der Waals surface area (Å²) in [7, 11) is -1.61. The molecule has 0 bridgehead atoms. The monoisotopic (exact) mass is 309 g/mol. The predicted molar refractivity (Wildman–Crippen MR) is 80.5 cm³/mol. The van der Waals surface area contributed by atoms with Crippen LogP contribution >= 0.6 is 0 Å². The van der Waals surface area contributed by atoms with E-state index in [0.29, 0.717) is 25.2 Å². The first-order valence-corrected chi connectivity index (χ1v) is 8.18. The van der Waals surface area contributed by atoms with Crippen molar-refractivity contribution in [3.8, 4) is 0 Å². The van der Waals surface area contributed by atoms with Crippen molar-refractivity contribution in [2.24, 2.45) is 7.05 Å². The molecule has 0 unspecified atom stereocenters. The minimum absolute atomic E-state index is 0.254. The number of anilines is 1. The number of hydrogen-bond donors (Lipinski definition) is 2. The summed E-state index contributed by atoms with van der Waals surface area (Å²) < 4.78 is 28.6. The third kappa shape index (κ3) is 3.79. The first-order valence-electron chi connectivity index (χ1n) is 6.70. The van der Waals surface area contributed by atoms with Crippen molar-refractivity contribution in [3.05, 3.63) is 36.4 Å². The fourth-order valence-corrected chi connectivity index (χ4v) is 3.18. The SMILES string of the molecule is CCNS(=O)(=O)c1ccccc1NCCc1nncn1C. The summed E-state index contributed by atoms with van der Waals surface area (Å²) in [5.41, 5.74) is 0.584. The molecule has 0 saturated heterocycles. The third-order valence-corrected chi connectivity index (χ3v) is 4.58. The lowest BCUT2D eigenvalue weighted by molar-refractivity contribution is 0.584. The van der Waals surface area contributed by atoms with Gasteiger partial charge in [-0.15, -0.1) is 10.2 Å². The molecule has 2 rings (SSSR count). The van der Waals surface area contributed by atoms with Crippen molar-refractivity contribution in [1.82, 2.24) is 19.5 Å². The van der Waals surface area contributed by atoms with Gasteiger partial charge >= 0.3 is 0 Å². The number of hydrogen-bond acceptors (Lipinski definition) is 5. The van der Waals surface area contributed by atoms with E-state index in [-0.39, 0.29) is 4.90 Å². The summed E-state index contributed by atoms with van der Waals surface area (Å²) >= 11 is 0. The van der Waals surface area contributed by atoms with Crippen molar-refractivity contribution in [2.45, 2.75) is 18.2 Å². The molecular weight excluding hydrogens is 290 g/mol. The van der Waals surface area contributed by atoms with Gasteiger partial charge in [0.25, 0.3) is 0 Å². The second kappa shape index (κ2) is 6.68. The summed E-state index contributed by atoms with van der Waals surface area (Å²) in [6.45, 7) is 2.68. The van der Waals surface area contributed by atoms with Crippen molar-refractivity contribution < 1.29 is 8.42 Å². The number of nitrogens with one attached hydrogen (secondary N) is 2. The van der Waals surface area contributed by atoms with Gasteiger partial charge in [0.2, 0.25) is 10.0 Å². The molecule has 1 aromatic carbocycles. The largest absolute Gasteiger partial charge is 0.383 e. The Morgan fingerprint density at radius 1 is 1.29 bits per heavy atom. The number of sulfonamides is 1. The Labute approximate surface area is 124 Å². The lowest BCUT2D eigenvalue weighted by atomic mass is 10.3. The van der Waals surface area contributed by atoms with Crippen LogP contribution in [0.25, 0.3) is 0 Å². The quantitative estimate of drug-likeness (QED) is 0.788. The number of rotatable bonds is 7. The maximum atomic E-state index is 12.1. The molecule has 2 N–H and O–H groups in total. The first kappa shape index (κ1) is 15.5. The van der Waals surface area contributed by atoms with E-state index in [0.717, 1.165) is 5.82 Å². The molecule has 0 fully saturated rings. The fourth-order valence-electron chi connectivity index (χ4n) is 1.96. The minimum Gasteiger partial charge on any atom is -0.383 e. The second-order valence-corrected chi connectivity index (χ2v) is 6.27. The lowest BCUT2D eigenvalue weighted by Gasteiger charge is -2.12. The lowest BCUT2D eigenvalue weighted by Crippen LogP contribution is -2.24. The van der Waals surface area contributed by atoms with Gasteiger partial charge in [-0.05, 0) is 12.1 Å². The van der Waals surface area contributed by atoms with E-state index in [1.807, 2.05) is 11.6 Å². The smallest absolute Gasteiger partial charge is 0.242 e. The third-order valence-electron chi connectivity index (χ3n) is 2.98. The number of para-hydroxylation sites is 1. The van der Waals surface area contributed by atoms with Crippen LogP contribution in [-0.2, 0) is 23.5 Å². The van der Waals surface area contributed by atoms with Crippen molar-refractivity contribution >= 4 is 15.7 Å². The Balaban J connectivity index is 2.09. The normalized spacial score (nSPS) is 11.5. The Morgan fingerprint density at radius 2 is 2.05 bits per heavy atom. The maximum Gasteiger partial charge on any atom is 0.242 e. The van der Waals surface area contributed by atoms with Crippen LogP contribution in [-0.4, -0.2) is 36.3 Å². The standard InChI is InChI=1S/C13H19N5O2S/c1-3-16-21(19,20)12-7-5-4-6-11(12)14-9-8-13-17-15-10-18(13)2/h4-7,10,14,16H,3,8-9H2,1-2H3.